The number of carboxylic acid groups (broad SMARTS) is 1. The van der Waals surface area contributed by atoms with Crippen molar-refractivity contribution in [2.75, 3.05) is 7.05 Å². The molecule has 80 valence electrons. The molecule has 0 heterocycles. The van der Waals surface area contributed by atoms with E-state index in [2.05, 4.69) is 0 Å². The predicted molar refractivity (Wildman–Crippen MR) is 47.6 cm³/mol. The third kappa shape index (κ3) is 2.23. The molecule has 2 atom stereocenters. The molecule has 0 aromatic carbocycles. The van der Waals surface area contributed by atoms with E-state index in [9.17, 15) is 9.59 Å². The van der Waals surface area contributed by atoms with Crippen LogP contribution in [-0.2, 0) is 9.59 Å². The molecule has 0 radical (unpaired) electrons. The minimum atomic E-state index is -0.940. The fourth-order valence-electron chi connectivity index (χ4n) is 1.96. The second-order valence-corrected chi connectivity index (χ2v) is 3.70. The minimum absolute atomic E-state index is 0.489. The molecule has 1 fully saturated rings. The van der Waals surface area contributed by atoms with Crippen LogP contribution >= 0.6 is 0 Å². The van der Waals surface area contributed by atoms with Gasteiger partial charge in [0.1, 0.15) is 0 Å². The SMILES string of the molecule is CN(O)C(=O)C1CCCCC1C(=O)O. The van der Waals surface area contributed by atoms with Gasteiger partial charge in [0.05, 0.1) is 11.8 Å². The van der Waals surface area contributed by atoms with Gasteiger partial charge in [-0.2, -0.15) is 0 Å². The number of hydrogen-bond donors (Lipinski definition) is 2. The quantitative estimate of drug-likeness (QED) is 0.510. The number of carboxylic acids is 1. The Labute approximate surface area is 82.3 Å². The maximum absolute atomic E-state index is 11.4. The Balaban J connectivity index is 2.72. The summed E-state index contributed by atoms with van der Waals surface area (Å²) < 4.78 is 0. The summed E-state index contributed by atoms with van der Waals surface area (Å²) in [5, 5.41) is 18.3. The topological polar surface area (TPSA) is 77.8 Å². The smallest absolute Gasteiger partial charge is 0.307 e. The molecule has 0 aromatic rings. The van der Waals surface area contributed by atoms with Crippen LogP contribution in [0.25, 0.3) is 0 Å². The van der Waals surface area contributed by atoms with Crippen LogP contribution in [0.5, 0.6) is 0 Å². The van der Waals surface area contributed by atoms with Gasteiger partial charge in [-0.15, -0.1) is 0 Å². The number of carbonyl (C=O) groups is 2. The van der Waals surface area contributed by atoms with E-state index in [1.807, 2.05) is 0 Å². The van der Waals surface area contributed by atoms with Gasteiger partial charge in [0.15, 0.2) is 0 Å². The van der Waals surface area contributed by atoms with Crippen LogP contribution in [0.15, 0.2) is 0 Å². The van der Waals surface area contributed by atoms with Gasteiger partial charge >= 0.3 is 5.97 Å². The van der Waals surface area contributed by atoms with Gasteiger partial charge in [-0.05, 0) is 12.8 Å². The summed E-state index contributed by atoms with van der Waals surface area (Å²) in [5.41, 5.74) is 0. The molecule has 5 heteroatoms. The average Bonchev–Trinajstić information content (AvgIpc) is 2.16. The minimum Gasteiger partial charge on any atom is -0.481 e. The first-order valence-electron chi connectivity index (χ1n) is 4.73. The van der Waals surface area contributed by atoms with Crippen molar-refractivity contribution in [1.29, 1.82) is 0 Å². The van der Waals surface area contributed by atoms with Gasteiger partial charge < -0.3 is 5.11 Å². The second kappa shape index (κ2) is 4.41. The molecule has 2 N–H and O–H groups in total. The lowest BCUT2D eigenvalue weighted by atomic mass is 9.79. The normalized spacial score (nSPS) is 27.0. The van der Waals surface area contributed by atoms with Gasteiger partial charge in [-0.1, -0.05) is 12.8 Å². The Morgan fingerprint density at radius 2 is 1.71 bits per heavy atom. The zero-order valence-corrected chi connectivity index (χ0v) is 8.14. The average molecular weight is 201 g/mol. The van der Waals surface area contributed by atoms with Crippen LogP contribution in [0, 0.1) is 11.8 Å². The molecule has 14 heavy (non-hydrogen) atoms. The molecule has 1 aliphatic rings. The lowest BCUT2D eigenvalue weighted by molar-refractivity contribution is -0.171. The number of carbonyl (C=O) groups excluding carboxylic acids is 1. The van der Waals surface area contributed by atoms with Crippen molar-refractivity contribution in [3.05, 3.63) is 0 Å². The summed E-state index contributed by atoms with van der Waals surface area (Å²) in [6, 6.07) is 0. The molecule has 2 unspecified atom stereocenters. The Morgan fingerprint density at radius 3 is 2.14 bits per heavy atom. The van der Waals surface area contributed by atoms with E-state index in [1.165, 1.54) is 7.05 Å². The number of rotatable bonds is 2. The van der Waals surface area contributed by atoms with E-state index in [1.54, 1.807) is 0 Å². The van der Waals surface area contributed by atoms with Crippen molar-refractivity contribution in [3.8, 4) is 0 Å². The first kappa shape index (κ1) is 11.0. The van der Waals surface area contributed by atoms with Crippen LogP contribution in [0.1, 0.15) is 25.7 Å². The van der Waals surface area contributed by atoms with Crippen molar-refractivity contribution in [2.45, 2.75) is 25.7 Å². The molecule has 1 aliphatic carbocycles. The Kier molecular flexibility index (Phi) is 3.46. The van der Waals surface area contributed by atoms with Gasteiger partial charge in [0, 0.05) is 7.05 Å². The maximum Gasteiger partial charge on any atom is 0.307 e. The molecule has 1 amide bonds. The fraction of sp³-hybridized carbons (Fsp3) is 0.778. The molecule has 0 spiro atoms. The van der Waals surface area contributed by atoms with Crippen LogP contribution in [0.3, 0.4) is 0 Å². The summed E-state index contributed by atoms with van der Waals surface area (Å²) in [4.78, 5) is 22.3. The molecule has 5 nitrogen and oxygen atoms in total. The first-order valence-corrected chi connectivity index (χ1v) is 4.73. The second-order valence-electron chi connectivity index (χ2n) is 3.70. The zero-order valence-electron chi connectivity index (χ0n) is 8.14. The summed E-state index contributed by atoms with van der Waals surface area (Å²) in [6.07, 6.45) is 2.78. The lowest BCUT2D eigenvalue weighted by Gasteiger charge is -2.28. The van der Waals surface area contributed by atoms with E-state index < -0.39 is 23.7 Å². The highest BCUT2D eigenvalue weighted by atomic mass is 16.5. The molecule has 1 rings (SSSR count). The van der Waals surface area contributed by atoms with Gasteiger partial charge in [-0.25, -0.2) is 5.06 Å². The monoisotopic (exact) mass is 201 g/mol. The van der Waals surface area contributed by atoms with E-state index >= 15 is 0 Å². The van der Waals surface area contributed by atoms with Crippen LogP contribution in [0.4, 0.5) is 0 Å². The fourth-order valence-corrected chi connectivity index (χ4v) is 1.96. The summed E-state index contributed by atoms with van der Waals surface area (Å²) in [6.45, 7) is 0. The summed E-state index contributed by atoms with van der Waals surface area (Å²) in [7, 11) is 1.23. The molecular formula is C9H15NO4. The largest absolute Gasteiger partial charge is 0.481 e. The van der Waals surface area contributed by atoms with E-state index in [0.29, 0.717) is 17.9 Å². The van der Waals surface area contributed by atoms with Crippen molar-refractivity contribution in [2.24, 2.45) is 11.8 Å². The molecule has 1 saturated carbocycles. The number of hydrogen-bond acceptors (Lipinski definition) is 3. The van der Waals surface area contributed by atoms with Crippen LogP contribution < -0.4 is 0 Å². The van der Waals surface area contributed by atoms with Gasteiger partial charge in [0.25, 0.3) is 0 Å². The standard InChI is InChI=1S/C9H15NO4/c1-10(14)8(11)6-4-2-3-5-7(6)9(12)13/h6-7,14H,2-5H2,1H3,(H,12,13). The van der Waals surface area contributed by atoms with E-state index in [4.69, 9.17) is 10.3 Å². The van der Waals surface area contributed by atoms with Crippen molar-refractivity contribution < 1.29 is 19.9 Å². The Hall–Kier alpha value is -1.10. The zero-order chi connectivity index (χ0) is 10.7. The molecule has 0 aliphatic heterocycles. The van der Waals surface area contributed by atoms with E-state index in [-0.39, 0.29) is 0 Å². The molecule has 0 bridgehead atoms. The van der Waals surface area contributed by atoms with E-state index in [0.717, 1.165) is 12.8 Å². The maximum atomic E-state index is 11.4. The number of amides is 1. The molecule has 0 saturated heterocycles. The highest BCUT2D eigenvalue weighted by molar-refractivity contribution is 5.84. The number of aliphatic carboxylic acids is 1. The third-order valence-corrected chi connectivity index (χ3v) is 2.72. The third-order valence-electron chi connectivity index (χ3n) is 2.72. The number of nitrogens with zero attached hydrogens (tertiary/aromatic N) is 1. The van der Waals surface area contributed by atoms with Gasteiger partial charge in [0.2, 0.25) is 5.91 Å². The highest BCUT2D eigenvalue weighted by Crippen LogP contribution is 2.31. The molecular weight excluding hydrogens is 186 g/mol. The van der Waals surface area contributed by atoms with Crippen molar-refractivity contribution in [1.82, 2.24) is 5.06 Å². The molecule has 0 aromatic heterocycles. The van der Waals surface area contributed by atoms with Gasteiger partial charge in [-0.3, -0.25) is 14.8 Å². The Morgan fingerprint density at radius 1 is 1.21 bits per heavy atom. The van der Waals surface area contributed by atoms with Crippen LogP contribution in [-0.4, -0.2) is 34.3 Å². The first-order chi connectivity index (χ1) is 6.54. The summed E-state index contributed by atoms with van der Waals surface area (Å²) >= 11 is 0. The van der Waals surface area contributed by atoms with Crippen molar-refractivity contribution >= 4 is 11.9 Å². The highest BCUT2D eigenvalue weighted by Gasteiger charge is 2.36. The number of hydroxylamine groups is 2. The van der Waals surface area contributed by atoms with Crippen molar-refractivity contribution in [3.63, 3.8) is 0 Å². The Bertz CT molecular complexity index is 239. The van der Waals surface area contributed by atoms with Crippen LogP contribution in [0.2, 0.25) is 0 Å². The lowest BCUT2D eigenvalue weighted by Crippen LogP contribution is -2.39. The predicted octanol–water partition coefficient (Wildman–Crippen LogP) is 0.725. The summed E-state index contributed by atoms with van der Waals surface area (Å²) in [5.74, 6) is -2.62.